The minimum Gasteiger partial charge on any atom is -0.380 e. The molecule has 0 aliphatic heterocycles. The summed E-state index contributed by atoms with van der Waals surface area (Å²) in [6, 6.07) is 12.3. The molecule has 0 amide bonds. The first-order chi connectivity index (χ1) is 7.36. The lowest BCUT2D eigenvalue weighted by Gasteiger charge is -2.07. The van der Waals surface area contributed by atoms with Gasteiger partial charge in [-0.15, -0.1) is 0 Å². The van der Waals surface area contributed by atoms with Crippen molar-refractivity contribution in [2.75, 3.05) is 5.32 Å². The molecule has 1 aromatic carbocycles. The second-order valence-electron chi connectivity index (χ2n) is 3.19. The molecule has 2 nitrogen and oxygen atoms in total. The molecule has 1 aromatic heterocycles. The van der Waals surface area contributed by atoms with Crippen LogP contribution in [0.2, 0.25) is 0 Å². The zero-order valence-electron chi connectivity index (χ0n) is 8.15. The van der Waals surface area contributed by atoms with Gasteiger partial charge >= 0.3 is 0 Å². The molecule has 0 bridgehead atoms. The van der Waals surface area contributed by atoms with E-state index in [-0.39, 0.29) is 0 Å². The van der Waals surface area contributed by atoms with Crippen molar-refractivity contribution in [1.82, 2.24) is 4.98 Å². The normalized spacial score (nSPS) is 9.93. The van der Waals surface area contributed by atoms with Crippen molar-refractivity contribution in [3.63, 3.8) is 0 Å². The molecular formula is C12H11IN2. The fourth-order valence-electron chi connectivity index (χ4n) is 1.30. The third-order valence-electron chi connectivity index (χ3n) is 2.11. The summed E-state index contributed by atoms with van der Waals surface area (Å²) < 4.78 is 1.24. The summed E-state index contributed by atoms with van der Waals surface area (Å²) in [6.45, 7) is 0.836. The van der Waals surface area contributed by atoms with Gasteiger partial charge in [-0.25, -0.2) is 0 Å². The van der Waals surface area contributed by atoms with Crippen molar-refractivity contribution in [3.8, 4) is 0 Å². The predicted molar refractivity (Wildman–Crippen MR) is 70.7 cm³/mol. The lowest BCUT2D eigenvalue weighted by atomic mass is 10.2. The molecule has 2 rings (SSSR count). The minimum absolute atomic E-state index is 0.836. The first-order valence-corrected chi connectivity index (χ1v) is 5.81. The molecule has 0 aliphatic rings. The van der Waals surface area contributed by atoms with Gasteiger partial charge in [-0.3, -0.25) is 4.98 Å². The Morgan fingerprint density at radius 2 is 1.80 bits per heavy atom. The van der Waals surface area contributed by atoms with Crippen molar-refractivity contribution >= 4 is 28.3 Å². The molecule has 3 heteroatoms. The third kappa shape index (κ3) is 2.92. The smallest absolute Gasteiger partial charge is 0.0478 e. The Balaban J connectivity index is 2.03. The number of aromatic nitrogens is 1. The average Bonchev–Trinajstić information content (AvgIpc) is 2.29. The summed E-state index contributed by atoms with van der Waals surface area (Å²) in [5.74, 6) is 0. The van der Waals surface area contributed by atoms with E-state index in [4.69, 9.17) is 0 Å². The molecule has 2 aromatic rings. The van der Waals surface area contributed by atoms with Crippen molar-refractivity contribution in [3.05, 3.63) is 57.9 Å². The third-order valence-corrected chi connectivity index (χ3v) is 3.05. The number of hydrogen-bond acceptors (Lipinski definition) is 2. The molecule has 0 spiro atoms. The number of halogens is 1. The quantitative estimate of drug-likeness (QED) is 0.880. The largest absolute Gasteiger partial charge is 0.380 e. The zero-order valence-corrected chi connectivity index (χ0v) is 10.3. The average molecular weight is 310 g/mol. The molecule has 0 unspecified atom stereocenters. The molecule has 0 fully saturated rings. The highest BCUT2D eigenvalue weighted by molar-refractivity contribution is 14.1. The van der Waals surface area contributed by atoms with Crippen LogP contribution in [-0.2, 0) is 6.54 Å². The fraction of sp³-hybridized carbons (Fsp3) is 0.0833. The van der Waals surface area contributed by atoms with Crippen LogP contribution in [0.25, 0.3) is 0 Å². The van der Waals surface area contributed by atoms with E-state index >= 15 is 0 Å². The van der Waals surface area contributed by atoms with Crippen LogP contribution in [0.4, 0.5) is 5.69 Å². The molecule has 0 radical (unpaired) electrons. The van der Waals surface area contributed by atoms with E-state index in [1.165, 1.54) is 14.8 Å². The molecule has 1 heterocycles. The maximum absolute atomic E-state index is 3.99. The molecule has 1 N–H and O–H groups in total. The van der Waals surface area contributed by atoms with E-state index < -0.39 is 0 Å². The molecule has 0 saturated heterocycles. The lowest BCUT2D eigenvalue weighted by molar-refractivity contribution is 1.12. The minimum atomic E-state index is 0.836. The lowest BCUT2D eigenvalue weighted by Crippen LogP contribution is -2.00. The van der Waals surface area contributed by atoms with E-state index in [9.17, 15) is 0 Å². The standard InChI is InChI=1S/C12H11IN2/c13-11-3-1-2-4-12(11)15-9-10-5-7-14-8-6-10/h1-8,15H,9H2. The molecule has 76 valence electrons. The molecule has 15 heavy (non-hydrogen) atoms. The predicted octanol–water partition coefficient (Wildman–Crippen LogP) is 3.30. The zero-order chi connectivity index (χ0) is 10.5. The number of hydrogen-bond donors (Lipinski definition) is 1. The van der Waals surface area contributed by atoms with Gasteiger partial charge in [0.05, 0.1) is 0 Å². The van der Waals surface area contributed by atoms with Gasteiger partial charge in [-0.05, 0) is 52.4 Å². The van der Waals surface area contributed by atoms with Crippen LogP contribution in [0.15, 0.2) is 48.8 Å². The fourth-order valence-corrected chi connectivity index (χ4v) is 1.88. The second-order valence-corrected chi connectivity index (χ2v) is 4.35. The van der Waals surface area contributed by atoms with Crippen LogP contribution < -0.4 is 5.32 Å². The summed E-state index contributed by atoms with van der Waals surface area (Å²) in [4.78, 5) is 3.99. The SMILES string of the molecule is Ic1ccccc1NCc1ccncc1. The van der Waals surface area contributed by atoms with Crippen molar-refractivity contribution in [1.29, 1.82) is 0 Å². The Morgan fingerprint density at radius 3 is 2.53 bits per heavy atom. The number of nitrogens with zero attached hydrogens (tertiary/aromatic N) is 1. The molecule has 0 atom stereocenters. The number of para-hydroxylation sites is 1. The summed E-state index contributed by atoms with van der Waals surface area (Å²) in [6.07, 6.45) is 3.62. The topological polar surface area (TPSA) is 24.9 Å². The van der Waals surface area contributed by atoms with Crippen molar-refractivity contribution in [2.24, 2.45) is 0 Å². The first kappa shape index (κ1) is 10.4. The Labute approximate surface area is 103 Å². The van der Waals surface area contributed by atoms with Gasteiger partial charge in [0.1, 0.15) is 0 Å². The summed E-state index contributed by atoms with van der Waals surface area (Å²) in [5.41, 5.74) is 2.42. The van der Waals surface area contributed by atoms with E-state index in [0.29, 0.717) is 0 Å². The Bertz CT molecular complexity index is 429. The summed E-state index contributed by atoms with van der Waals surface area (Å²) in [5, 5.41) is 3.39. The van der Waals surface area contributed by atoms with Gasteiger partial charge in [0, 0.05) is 28.2 Å². The maximum Gasteiger partial charge on any atom is 0.0478 e. The first-order valence-electron chi connectivity index (χ1n) is 4.73. The maximum atomic E-state index is 3.99. The number of nitrogens with one attached hydrogen (secondary N) is 1. The highest BCUT2D eigenvalue weighted by atomic mass is 127. The second kappa shape index (κ2) is 5.11. The van der Waals surface area contributed by atoms with E-state index in [1.54, 1.807) is 0 Å². The van der Waals surface area contributed by atoms with Crippen molar-refractivity contribution < 1.29 is 0 Å². The van der Waals surface area contributed by atoms with Crippen LogP contribution in [0.1, 0.15) is 5.56 Å². The Kier molecular flexibility index (Phi) is 3.55. The molecule has 0 saturated carbocycles. The molecular weight excluding hydrogens is 299 g/mol. The number of rotatable bonds is 3. The van der Waals surface area contributed by atoms with Crippen LogP contribution in [0, 0.1) is 3.57 Å². The van der Waals surface area contributed by atoms with E-state index in [2.05, 4.69) is 45.0 Å². The van der Waals surface area contributed by atoms with Gasteiger partial charge < -0.3 is 5.32 Å². The monoisotopic (exact) mass is 310 g/mol. The number of anilines is 1. The van der Waals surface area contributed by atoms with Crippen molar-refractivity contribution in [2.45, 2.75) is 6.54 Å². The highest BCUT2D eigenvalue weighted by Gasteiger charge is 1.97. The van der Waals surface area contributed by atoms with Crippen LogP contribution in [-0.4, -0.2) is 4.98 Å². The number of benzene rings is 1. The Hall–Kier alpha value is -1.10. The molecule has 0 aliphatic carbocycles. The Morgan fingerprint density at radius 1 is 1.07 bits per heavy atom. The van der Waals surface area contributed by atoms with Gasteiger partial charge in [0.15, 0.2) is 0 Å². The van der Waals surface area contributed by atoms with Crippen LogP contribution in [0.3, 0.4) is 0 Å². The van der Waals surface area contributed by atoms with Gasteiger partial charge in [0.2, 0.25) is 0 Å². The highest BCUT2D eigenvalue weighted by Crippen LogP contribution is 2.17. The van der Waals surface area contributed by atoms with Gasteiger partial charge in [0.25, 0.3) is 0 Å². The summed E-state index contributed by atoms with van der Waals surface area (Å²) in [7, 11) is 0. The van der Waals surface area contributed by atoms with E-state index in [1.807, 2.05) is 36.7 Å². The van der Waals surface area contributed by atoms with Gasteiger partial charge in [-0.1, -0.05) is 12.1 Å². The van der Waals surface area contributed by atoms with E-state index in [0.717, 1.165) is 6.54 Å². The summed E-state index contributed by atoms with van der Waals surface area (Å²) >= 11 is 2.33. The van der Waals surface area contributed by atoms with Crippen LogP contribution in [0.5, 0.6) is 0 Å². The van der Waals surface area contributed by atoms with Gasteiger partial charge in [-0.2, -0.15) is 0 Å². The van der Waals surface area contributed by atoms with Crippen LogP contribution >= 0.6 is 22.6 Å². The number of pyridine rings is 1.